The highest BCUT2D eigenvalue weighted by Crippen LogP contribution is 2.43. The van der Waals surface area contributed by atoms with E-state index in [0.29, 0.717) is 30.8 Å². The zero-order valence-corrected chi connectivity index (χ0v) is 16.9. The minimum atomic E-state index is -4.06. The van der Waals surface area contributed by atoms with Gasteiger partial charge in [0.15, 0.2) is 0 Å². The molecule has 0 aliphatic carbocycles. The van der Waals surface area contributed by atoms with Crippen LogP contribution in [0.4, 0.5) is 0 Å². The van der Waals surface area contributed by atoms with E-state index < -0.39 is 7.82 Å². The predicted molar refractivity (Wildman–Crippen MR) is 95.0 cm³/mol. The van der Waals surface area contributed by atoms with E-state index in [1.807, 2.05) is 21.1 Å². The van der Waals surface area contributed by atoms with E-state index in [1.54, 1.807) is 0 Å². The maximum Gasteiger partial charge on any atom is 0.472 e. The van der Waals surface area contributed by atoms with Gasteiger partial charge in [-0.2, -0.15) is 0 Å². The van der Waals surface area contributed by atoms with Crippen molar-refractivity contribution in [2.24, 2.45) is 0 Å². The van der Waals surface area contributed by atoms with Crippen molar-refractivity contribution in [1.82, 2.24) is 0 Å². The lowest BCUT2D eigenvalue weighted by atomic mass is 10.3. The lowest BCUT2D eigenvalue weighted by molar-refractivity contribution is -0.870. The summed E-state index contributed by atoms with van der Waals surface area (Å²) in [5.41, 5.74) is 0. The number of ether oxygens (including phenoxy) is 2. The maximum absolute atomic E-state index is 11.9. The fourth-order valence-electron chi connectivity index (χ4n) is 1.64. The Bertz CT molecular complexity index is 348. The summed E-state index contributed by atoms with van der Waals surface area (Å²) in [5.74, 6) is 0. The Morgan fingerprint density at radius 3 is 2.17 bits per heavy atom. The molecule has 2 atom stereocenters. The number of phosphoric ester groups is 1. The standard InChI is InChI=1S/C16H36NO6P/c1-6-8-11-20-14-16(21-12-9-7-2)15-23-24(18,19)22-13-10-17(3,4)5/h16H,6-15H2,1-5H3/p+1/t16-/m1/s1. The van der Waals surface area contributed by atoms with Gasteiger partial charge in [-0.15, -0.1) is 0 Å². The topological polar surface area (TPSA) is 74.2 Å². The summed E-state index contributed by atoms with van der Waals surface area (Å²) in [6.07, 6.45) is 3.63. The molecule has 0 fully saturated rings. The molecule has 0 saturated carbocycles. The van der Waals surface area contributed by atoms with Crippen LogP contribution in [0.2, 0.25) is 0 Å². The number of likely N-dealkylation sites (N-methyl/N-ethyl adjacent to an activating group) is 1. The van der Waals surface area contributed by atoms with Crippen LogP contribution in [0.1, 0.15) is 39.5 Å². The van der Waals surface area contributed by atoms with Crippen molar-refractivity contribution in [3.8, 4) is 0 Å². The Morgan fingerprint density at radius 1 is 0.958 bits per heavy atom. The molecular weight excluding hydrogens is 333 g/mol. The summed E-state index contributed by atoms with van der Waals surface area (Å²) in [5, 5.41) is 0. The molecule has 0 aliphatic rings. The van der Waals surface area contributed by atoms with Crippen LogP contribution in [0.3, 0.4) is 0 Å². The molecule has 0 saturated heterocycles. The quantitative estimate of drug-likeness (QED) is 0.256. The number of unbranched alkanes of at least 4 members (excludes halogenated alkanes) is 2. The summed E-state index contributed by atoms with van der Waals surface area (Å²) in [4.78, 5) is 9.75. The van der Waals surface area contributed by atoms with E-state index >= 15 is 0 Å². The second-order valence-corrected chi connectivity index (χ2v) is 8.34. The van der Waals surface area contributed by atoms with Crippen LogP contribution < -0.4 is 0 Å². The summed E-state index contributed by atoms with van der Waals surface area (Å²) in [7, 11) is 1.89. The van der Waals surface area contributed by atoms with E-state index in [9.17, 15) is 9.46 Å². The van der Waals surface area contributed by atoms with E-state index in [1.165, 1.54) is 0 Å². The smallest absolute Gasteiger partial charge is 0.379 e. The van der Waals surface area contributed by atoms with Crippen molar-refractivity contribution in [3.05, 3.63) is 0 Å². The van der Waals surface area contributed by atoms with Gasteiger partial charge >= 0.3 is 7.82 Å². The molecule has 0 aromatic heterocycles. The summed E-state index contributed by atoms with van der Waals surface area (Å²) in [6, 6.07) is 0. The van der Waals surface area contributed by atoms with Crippen LogP contribution >= 0.6 is 7.82 Å². The van der Waals surface area contributed by atoms with Gasteiger partial charge in [0.05, 0.1) is 34.4 Å². The second kappa shape index (κ2) is 13.2. The average Bonchev–Trinajstić information content (AvgIpc) is 2.47. The zero-order chi connectivity index (χ0) is 18.5. The first-order valence-electron chi connectivity index (χ1n) is 8.82. The van der Waals surface area contributed by atoms with Gasteiger partial charge in [0.2, 0.25) is 0 Å². The molecule has 1 unspecified atom stereocenters. The Labute approximate surface area is 147 Å². The normalized spacial score (nSPS) is 16.1. The molecule has 0 heterocycles. The van der Waals surface area contributed by atoms with Crippen LogP contribution in [0, 0.1) is 0 Å². The highest BCUT2D eigenvalue weighted by atomic mass is 31.2. The second-order valence-electron chi connectivity index (χ2n) is 6.89. The lowest BCUT2D eigenvalue weighted by Crippen LogP contribution is -2.37. The first-order chi connectivity index (χ1) is 11.2. The van der Waals surface area contributed by atoms with Gasteiger partial charge in [-0.3, -0.25) is 9.05 Å². The molecule has 7 nitrogen and oxygen atoms in total. The number of rotatable bonds is 16. The summed E-state index contributed by atoms with van der Waals surface area (Å²) in [6.45, 7) is 6.51. The summed E-state index contributed by atoms with van der Waals surface area (Å²) >= 11 is 0. The molecule has 0 spiro atoms. The number of hydrogen-bond donors (Lipinski definition) is 1. The van der Waals surface area contributed by atoms with Crippen molar-refractivity contribution in [3.63, 3.8) is 0 Å². The third kappa shape index (κ3) is 15.5. The number of phosphoric acid groups is 1. The number of hydrogen-bond acceptors (Lipinski definition) is 5. The van der Waals surface area contributed by atoms with Crippen molar-refractivity contribution in [2.45, 2.75) is 45.6 Å². The molecule has 24 heavy (non-hydrogen) atoms. The highest BCUT2D eigenvalue weighted by Gasteiger charge is 2.25. The van der Waals surface area contributed by atoms with Gasteiger partial charge in [0.1, 0.15) is 19.3 Å². The Hall–Kier alpha value is -0.0100. The molecule has 0 aromatic carbocycles. The van der Waals surface area contributed by atoms with Crippen molar-refractivity contribution >= 4 is 7.82 Å². The lowest BCUT2D eigenvalue weighted by Gasteiger charge is -2.24. The van der Waals surface area contributed by atoms with Gasteiger partial charge in [-0.05, 0) is 12.8 Å². The van der Waals surface area contributed by atoms with E-state index in [-0.39, 0.29) is 19.3 Å². The largest absolute Gasteiger partial charge is 0.472 e. The number of nitrogens with zero attached hydrogens (tertiary/aromatic N) is 1. The molecule has 0 radical (unpaired) electrons. The molecule has 146 valence electrons. The summed E-state index contributed by atoms with van der Waals surface area (Å²) < 4.78 is 33.9. The van der Waals surface area contributed by atoms with E-state index in [0.717, 1.165) is 25.7 Å². The molecule has 0 bridgehead atoms. The third-order valence-corrected chi connectivity index (χ3v) is 4.22. The SMILES string of the molecule is CCCCOC[C@H](COP(=O)(O)OCC[N+](C)(C)C)OCCCC. The van der Waals surface area contributed by atoms with Crippen molar-refractivity contribution in [2.75, 3.05) is 60.7 Å². The minimum absolute atomic E-state index is 0.0198. The monoisotopic (exact) mass is 370 g/mol. The fourth-order valence-corrected chi connectivity index (χ4v) is 2.39. The van der Waals surface area contributed by atoms with E-state index in [2.05, 4.69) is 13.8 Å². The van der Waals surface area contributed by atoms with Gasteiger partial charge in [0, 0.05) is 13.2 Å². The molecule has 0 aromatic rings. The van der Waals surface area contributed by atoms with Crippen LogP contribution in [0.15, 0.2) is 0 Å². The molecular formula is C16H37NO6P+. The highest BCUT2D eigenvalue weighted by molar-refractivity contribution is 7.47. The van der Waals surface area contributed by atoms with Crippen molar-refractivity contribution in [1.29, 1.82) is 0 Å². The average molecular weight is 370 g/mol. The third-order valence-electron chi connectivity index (χ3n) is 3.24. The molecule has 1 N–H and O–H groups in total. The van der Waals surface area contributed by atoms with Crippen LogP contribution in [0.25, 0.3) is 0 Å². The zero-order valence-electron chi connectivity index (χ0n) is 16.0. The van der Waals surface area contributed by atoms with Crippen LogP contribution in [-0.4, -0.2) is 76.2 Å². The maximum atomic E-state index is 11.9. The van der Waals surface area contributed by atoms with Crippen LogP contribution in [0.5, 0.6) is 0 Å². The number of quaternary nitrogens is 1. The van der Waals surface area contributed by atoms with E-state index in [4.69, 9.17) is 18.5 Å². The van der Waals surface area contributed by atoms with Gasteiger partial charge < -0.3 is 18.9 Å². The molecule has 0 aliphatic heterocycles. The first-order valence-corrected chi connectivity index (χ1v) is 10.3. The van der Waals surface area contributed by atoms with Gasteiger partial charge in [-0.1, -0.05) is 26.7 Å². The van der Waals surface area contributed by atoms with Crippen LogP contribution in [-0.2, 0) is 23.1 Å². The predicted octanol–water partition coefficient (Wildman–Crippen LogP) is 2.83. The Kier molecular flexibility index (Phi) is 13.2. The Balaban J connectivity index is 4.20. The molecule has 0 rings (SSSR count). The minimum Gasteiger partial charge on any atom is -0.379 e. The van der Waals surface area contributed by atoms with Gasteiger partial charge in [-0.25, -0.2) is 4.57 Å². The van der Waals surface area contributed by atoms with Gasteiger partial charge in [0.25, 0.3) is 0 Å². The molecule has 8 heteroatoms. The van der Waals surface area contributed by atoms with Crippen molar-refractivity contribution < 1.29 is 32.5 Å². The first kappa shape index (κ1) is 24.0. The molecule has 0 amide bonds. The Morgan fingerprint density at radius 2 is 1.58 bits per heavy atom. The fraction of sp³-hybridized carbons (Fsp3) is 1.00.